The van der Waals surface area contributed by atoms with Crippen LogP contribution in [0.4, 0.5) is 4.79 Å². The molecule has 2 fully saturated rings. The number of carbonyl (C=O) groups is 2. The van der Waals surface area contributed by atoms with Gasteiger partial charge in [0.15, 0.2) is 0 Å². The monoisotopic (exact) mass is 335 g/mol. The fourth-order valence-electron chi connectivity index (χ4n) is 3.53. The molecule has 2 saturated heterocycles. The molecule has 1 aromatic carbocycles. The molecule has 1 aromatic rings. The molecule has 2 heterocycles. The van der Waals surface area contributed by atoms with Crippen molar-refractivity contribution in [2.75, 3.05) is 13.1 Å². The molecule has 0 saturated carbocycles. The van der Waals surface area contributed by atoms with Crippen molar-refractivity contribution in [3.8, 4) is 0 Å². The number of likely N-dealkylation sites (tertiary alicyclic amines) is 1. The van der Waals surface area contributed by atoms with E-state index in [1.54, 1.807) is 0 Å². The van der Waals surface area contributed by atoms with Gasteiger partial charge < -0.3 is 15.5 Å². The van der Waals surface area contributed by atoms with Crippen LogP contribution in [0, 0.1) is 5.92 Å². The maximum absolute atomic E-state index is 12.6. The van der Waals surface area contributed by atoms with Gasteiger partial charge in [0, 0.05) is 43.0 Å². The highest BCUT2D eigenvalue weighted by atomic mass is 35.5. The van der Waals surface area contributed by atoms with Crippen LogP contribution >= 0.6 is 11.6 Å². The molecule has 5 nitrogen and oxygen atoms in total. The average Bonchev–Trinajstić information content (AvgIpc) is 2.99. The predicted octanol–water partition coefficient (Wildman–Crippen LogP) is 2.54. The number of hydrogen-bond acceptors (Lipinski definition) is 2. The van der Waals surface area contributed by atoms with E-state index in [9.17, 15) is 9.59 Å². The van der Waals surface area contributed by atoms with Crippen molar-refractivity contribution < 1.29 is 9.59 Å². The quantitative estimate of drug-likeness (QED) is 0.891. The zero-order chi connectivity index (χ0) is 16.2. The number of urea groups is 1. The molecule has 3 amide bonds. The number of rotatable bonds is 3. The topological polar surface area (TPSA) is 61.4 Å². The molecule has 2 aliphatic rings. The van der Waals surface area contributed by atoms with E-state index in [1.807, 2.05) is 29.2 Å². The minimum Gasteiger partial charge on any atom is -0.356 e. The number of piperidine rings is 1. The Morgan fingerprint density at radius 3 is 3.00 bits per heavy atom. The number of nitrogens with one attached hydrogen (secondary N) is 2. The first kappa shape index (κ1) is 16.1. The molecule has 23 heavy (non-hydrogen) atoms. The average molecular weight is 336 g/mol. The highest BCUT2D eigenvalue weighted by molar-refractivity contribution is 6.30. The first-order chi connectivity index (χ1) is 11.1. The smallest absolute Gasteiger partial charge is 0.317 e. The van der Waals surface area contributed by atoms with E-state index in [-0.39, 0.29) is 23.9 Å². The van der Waals surface area contributed by atoms with Crippen molar-refractivity contribution in [3.05, 3.63) is 34.9 Å². The number of nitrogens with zero attached hydrogens (tertiary/aromatic N) is 1. The van der Waals surface area contributed by atoms with Crippen LogP contribution < -0.4 is 10.6 Å². The van der Waals surface area contributed by atoms with Gasteiger partial charge >= 0.3 is 6.03 Å². The Hall–Kier alpha value is -1.75. The normalized spacial score (nSPS) is 24.4. The van der Waals surface area contributed by atoms with Crippen LogP contribution in [0.3, 0.4) is 0 Å². The van der Waals surface area contributed by atoms with Gasteiger partial charge in [0.1, 0.15) is 0 Å². The predicted molar refractivity (Wildman–Crippen MR) is 89.1 cm³/mol. The summed E-state index contributed by atoms with van der Waals surface area (Å²) in [5.74, 6) is 0.333. The zero-order valence-corrected chi connectivity index (χ0v) is 13.8. The minimum absolute atomic E-state index is 0.0472. The zero-order valence-electron chi connectivity index (χ0n) is 13.1. The van der Waals surface area contributed by atoms with Gasteiger partial charge in [0.25, 0.3) is 0 Å². The Labute approximate surface area is 141 Å². The van der Waals surface area contributed by atoms with Crippen LogP contribution in [0.5, 0.6) is 0 Å². The molecule has 0 radical (unpaired) electrons. The number of benzene rings is 1. The molecule has 2 aliphatic heterocycles. The lowest BCUT2D eigenvalue weighted by atomic mass is 9.90. The van der Waals surface area contributed by atoms with Crippen molar-refractivity contribution >= 4 is 23.5 Å². The van der Waals surface area contributed by atoms with Gasteiger partial charge in [0.2, 0.25) is 5.91 Å². The van der Waals surface area contributed by atoms with E-state index >= 15 is 0 Å². The molecular weight excluding hydrogens is 314 g/mol. The van der Waals surface area contributed by atoms with Gasteiger partial charge in [-0.2, -0.15) is 0 Å². The van der Waals surface area contributed by atoms with Gasteiger partial charge in [-0.1, -0.05) is 23.7 Å². The van der Waals surface area contributed by atoms with Crippen molar-refractivity contribution in [2.24, 2.45) is 5.92 Å². The summed E-state index contributed by atoms with van der Waals surface area (Å²) in [6.45, 7) is 1.91. The Bertz CT molecular complexity index is 593. The summed E-state index contributed by atoms with van der Waals surface area (Å²) >= 11 is 5.97. The molecule has 2 unspecified atom stereocenters. The third-order valence-corrected chi connectivity index (χ3v) is 4.93. The molecule has 2 atom stereocenters. The van der Waals surface area contributed by atoms with E-state index < -0.39 is 0 Å². The van der Waals surface area contributed by atoms with Gasteiger partial charge in [-0.3, -0.25) is 4.79 Å². The largest absolute Gasteiger partial charge is 0.356 e. The van der Waals surface area contributed by atoms with Gasteiger partial charge in [0.05, 0.1) is 0 Å². The van der Waals surface area contributed by atoms with E-state index in [4.69, 9.17) is 11.6 Å². The van der Waals surface area contributed by atoms with E-state index in [0.29, 0.717) is 24.5 Å². The Kier molecular flexibility index (Phi) is 5.06. The second-order valence-corrected chi connectivity index (χ2v) is 6.75. The summed E-state index contributed by atoms with van der Waals surface area (Å²) in [5.41, 5.74) is 0.983. The van der Waals surface area contributed by atoms with Gasteiger partial charge in [-0.25, -0.2) is 4.79 Å². The maximum Gasteiger partial charge on any atom is 0.317 e. The minimum atomic E-state index is -0.0472. The van der Waals surface area contributed by atoms with Crippen LogP contribution in [-0.2, 0) is 11.3 Å². The molecule has 124 valence electrons. The summed E-state index contributed by atoms with van der Waals surface area (Å²) in [5, 5.41) is 6.53. The standard InChI is InChI=1S/C17H22ClN3O2/c18-14-5-3-4-12(8-14)10-20-17(23)21-7-2-1-6-15(21)13-9-16(22)19-11-13/h3-5,8,13,15H,1-2,6-7,9-11H2,(H,19,22)(H,20,23). The number of hydrogen-bond donors (Lipinski definition) is 2. The fourth-order valence-corrected chi connectivity index (χ4v) is 3.74. The number of amides is 3. The lowest BCUT2D eigenvalue weighted by molar-refractivity contribution is -0.119. The van der Waals surface area contributed by atoms with E-state index in [0.717, 1.165) is 31.4 Å². The Morgan fingerprint density at radius 1 is 1.39 bits per heavy atom. The first-order valence-corrected chi connectivity index (χ1v) is 8.57. The van der Waals surface area contributed by atoms with Crippen LogP contribution in [-0.4, -0.2) is 36.0 Å². The lowest BCUT2D eigenvalue weighted by Crippen LogP contribution is -2.51. The molecule has 0 aromatic heterocycles. The molecule has 0 aliphatic carbocycles. The molecule has 0 spiro atoms. The van der Waals surface area contributed by atoms with Gasteiger partial charge in [-0.05, 0) is 37.0 Å². The molecule has 2 N–H and O–H groups in total. The second kappa shape index (κ2) is 7.21. The molecule has 0 bridgehead atoms. The highest BCUT2D eigenvalue weighted by Gasteiger charge is 2.36. The summed E-state index contributed by atoms with van der Waals surface area (Å²) in [7, 11) is 0. The van der Waals surface area contributed by atoms with E-state index in [2.05, 4.69) is 10.6 Å². The Morgan fingerprint density at radius 2 is 2.26 bits per heavy atom. The van der Waals surface area contributed by atoms with Crippen molar-refractivity contribution in [1.82, 2.24) is 15.5 Å². The lowest BCUT2D eigenvalue weighted by Gasteiger charge is -2.38. The van der Waals surface area contributed by atoms with Gasteiger partial charge in [-0.15, -0.1) is 0 Å². The highest BCUT2D eigenvalue weighted by Crippen LogP contribution is 2.27. The summed E-state index contributed by atoms with van der Waals surface area (Å²) in [4.78, 5) is 26.0. The van der Waals surface area contributed by atoms with E-state index in [1.165, 1.54) is 0 Å². The van der Waals surface area contributed by atoms with Crippen LogP contribution in [0.2, 0.25) is 5.02 Å². The van der Waals surface area contributed by atoms with Crippen molar-refractivity contribution in [3.63, 3.8) is 0 Å². The maximum atomic E-state index is 12.6. The second-order valence-electron chi connectivity index (χ2n) is 6.31. The fraction of sp³-hybridized carbons (Fsp3) is 0.529. The first-order valence-electron chi connectivity index (χ1n) is 8.19. The SMILES string of the molecule is O=C1CC(C2CCCCN2C(=O)NCc2cccc(Cl)c2)CN1. The molecule has 6 heteroatoms. The van der Waals surface area contributed by atoms with Crippen LogP contribution in [0.25, 0.3) is 0 Å². The third kappa shape index (κ3) is 3.96. The summed E-state index contributed by atoms with van der Waals surface area (Å²) in [6.07, 6.45) is 3.65. The summed E-state index contributed by atoms with van der Waals surface area (Å²) < 4.78 is 0. The van der Waals surface area contributed by atoms with Crippen molar-refractivity contribution in [1.29, 1.82) is 0 Å². The Balaban J connectivity index is 1.61. The number of carbonyl (C=O) groups excluding carboxylic acids is 2. The third-order valence-electron chi connectivity index (χ3n) is 4.70. The van der Waals surface area contributed by atoms with Crippen LogP contribution in [0.1, 0.15) is 31.2 Å². The van der Waals surface area contributed by atoms with Crippen LogP contribution in [0.15, 0.2) is 24.3 Å². The molecular formula is C17H22ClN3O2. The van der Waals surface area contributed by atoms with Crippen molar-refractivity contribution in [2.45, 2.75) is 38.3 Å². The number of halogens is 1. The summed E-state index contributed by atoms with van der Waals surface area (Å²) in [6, 6.07) is 7.60. The molecule has 3 rings (SSSR count).